The maximum atomic E-state index is 13.2. The molecule has 0 saturated carbocycles. The Hall–Kier alpha value is -2.18. The summed E-state index contributed by atoms with van der Waals surface area (Å²) < 4.78 is 5.60. The number of hydrogen-bond acceptors (Lipinski definition) is 4. The van der Waals surface area contributed by atoms with Crippen LogP contribution in [-0.2, 0) is 20.7 Å². The highest BCUT2D eigenvalue weighted by Crippen LogP contribution is 2.36. The second kappa shape index (κ2) is 8.90. The topological polar surface area (TPSA) is 58.6 Å². The standard InChI is InChI=1S/C24H30N2O3S/c1-17(2)25-23(28)24(11-12-26(16-24)22(27)20-5-3-13-29-20)15-18-7-9-19(10-8-18)21-6-4-14-30-21/h4,6-10,14,17,20H,3,5,11-13,15-16H2,1-2H3,(H,25,28). The fourth-order valence-corrected chi connectivity index (χ4v) is 5.22. The predicted octanol–water partition coefficient (Wildman–Crippen LogP) is 3.88. The quantitative estimate of drug-likeness (QED) is 0.763. The summed E-state index contributed by atoms with van der Waals surface area (Å²) in [5, 5.41) is 5.18. The average Bonchev–Trinajstić information content (AvgIpc) is 3.49. The molecule has 1 aromatic heterocycles. The van der Waals surface area contributed by atoms with E-state index < -0.39 is 5.41 Å². The zero-order valence-corrected chi connectivity index (χ0v) is 18.5. The molecule has 0 radical (unpaired) electrons. The van der Waals surface area contributed by atoms with Crippen LogP contribution >= 0.6 is 11.3 Å². The van der Waals surface area contributed by atoms with E-state index in [1.54, 1.807) is 11.3 Å². The number of carbonyl (C=O) groups excluding carboxylic acids is 2. The van der Waals surface area contributed by atoms with Gasteiger partial charge in [0.05, 0.1) is 5.41 Å². The van der Waals surface area contributed by atoms with Crippen LogP contribution in [0.25, 0.3) is 10.4 Å². The predicted molar refractivity (Wildman–Crippen MR) is 119 cm³/mol. The van der Waals surface area contributed by atoms with Crippen LogP contribution in [0.15, 0.2) is 41.8 Å². The number of benzene rings is 1. The van der Waals surface area contributed by atoms with E-state index in [1.807, 2.05) is 18.7 Å². The number of likely N-dealkylation sites (tertiary alicyclic amines) is 1. The number of amides is 2. The molecular weight excluding hydrogens is 396 g/mol. The lowest BCUT2D eigenvalue weighted by molar-refractivity contribution is -0.141. The molecule has 6 heteroatoms. The molecule has 0 aliphatic carbocycles. The van der Waals surface area contributed by atoms with Crippen LogP contribution in [0.3, 0.4) is 0 Å². The van der Waals surface area contributed by atoms with Crippen molar-refractivity contribution in [1.29, 1.82) is 0 Å². The molecule has 2 fully saturated rings. The molecule has 5 nitrogen and oxygen atoms in total. The minimum absolute atomic E-state index is 0.0414. The van der Waals surface area contributed by atoms with E-state index in [4.69, 9.17) is 4.74 Å². The maximum absolute atomic E-state index is 13.2. The van der Waals surface area contributed by atoms with Gasteiger partial charge in [0, 0.05) is 30.6 Å². The van der Waals surface area contributed by atoms with E-state index in [1.165, 1.54) is 10.4 Å². The Labute approximate surface area is 182 Å². The Morgan fingerprint density at radius 2 is 2.07 bits per heavy atom. The highest BCUT2D eigenvalue weighted by atomic mass is 32.1. The lowest BCUT2D eigenvalue weighted by atomic mass is 9.79. The normalized spacial score (nSPS) is 23.8. The third kappa shape index (κ3) is 4.44. The van der Waals surface area contributed by atoms with E-state index in [0.29, 0.717) is 32.5 Å². The van der Waals surface area contributed by atoms with Gasteiger partial charge in [-0.05, 0) is 62.1 Å². The van der Waals surface area contributed by atoms with E-state index >= 15 is 0 Å². The van der Waals surface area contributed by atoms with E-state index in [-0.39, 0.29) is 24.0 Å². The highest BCUT2D eigenvalue weighted by Gasteiger charge is 2.47. The van der Waals surface area contributed by atoms with Gasteiger partial charge in [0.2, 0.25) is 5.91 Å². The third-order valence-electron chi connectivity index (χ3n) is 6.07. The monoisotopic (exact) mass is 426 g/mol. The number of hydrogen-bond donors (Lipinski definition) is 1. The average molecular weight is 427 g/mol. The van der Waals surface area contributed by atoms with Gasteiger partial charge in [-0.2, -0.15) is 0 Å². The van der Waals surface area contributed by atoms with Gasteiger partial charge in [0.25, 0.3) is 5.91 Å². The summed E-state index contributed by atoms with van der Waals surface area (Å²) in [6.07, 6.45) is 2.69. The van der Waals surface area contributed by atoms with E-state index in [9.17, 15) is 9.59 Å². The molecule has 2 aliphatic heterocycles. The van der Waals surface area contributed by atoms with Crippen LogP contribution in [0.5, 0.6) is 0 Å². The van der Waals surface area contributed by atoms with Gasteiger partial charge in [-0.3, -0.25) is 9.59 Å². The van der Waals surface area contributed by atoms with Gasteiger partial charge in [0.15, 0.2) is 0 Å². The minimum Gasteiger partial charge on any atom is -0.368 e. The molecule has 2 atom stereocenters. The molecule has 2 saturated heterocycles. The summed E-state index contributed by atoms with van der Waals surface area (Å²) in [6, 6.07) is 12.7. The maximum Gasteiger partial charge on any atom is 0.251 e. The number of nitrogens with zero attached hydrogens (tertiary/aromatic N) is 1. The van der Waals surface area contributed by atoms with Gasteiger partial charge < -0.3 is 15.0 Å². The molecule has 2 aliphatic rings. The van der Waals surface area contributed by atoms with Crippen LogP contribution < -0.4 is 5.32 Å². The number of thiophene rings is 1. The second-order valence-electron chi connectivity index (χ2n) is 8.77. The molecule has 30 heavy (non-hydrogen) atoms. The van der Waals surface area contributed by atoms with Crippen molar-refractivity contribution in [2.24, 2.45) is 5.41 Å². The Morgan fingerprint density at radius 1 is 1.27 bits per heavy atom. The molecule has 1 aromatic carbocycles. The molecule has 4 rings (SSSR count). The number of carbonyl (C=O) groups is 2. The van der Waals surface area contributed by atoms with Crippen molar-refractivity contribution in [3.8, 4) is 10.4 Å². The Balaban J connectivity index is 1.53. The van der Waals surface area contributed by atoms with Crippen LogP contribution in [-0.4, -0.2) is 48.6 Å². The van der Waals surface area contributed by atoms with E-state index in [0.717, 1.165) is 18.4 Å². The van der Waals surface area contributed by atoms with Crippen molar-refractivity contribution in [3.63, 3.8) is 0 Å². The van der Waals surface area contributed by atoms with Gasteiger partial charge >= 0.3 is 0 Å². The van der Waals surface area contributed by atoms with Crippen molar-refractivity contribution >= 4 is 23.2 Å². The largest absolute Gasteiger partial charge is 0.368 e. The first-order valence-corrected chi connectivity index (χ1v) is 11.7. The Kier molecular flexibility index (Phi) is 6.25. The summed E-state index contributed by atoms with van der Waals surface area (Å²) in [5.74, 6) is 0.0854. The lowest BCUT2D eigenvalue weighted by Crippen LogP contribution is -2.48. The van der Waals surface area contributed by atoms with Crippen molar-refractivity contribution < 1.29 is 14.3 Å². The molecule has 0 bridgehead atoms. The molecule has 2 aromatic rings. The molecule has 2 amide bonds. The van der Waals surface area contributed by atoms with Crippen molar-refractivity contribution in [2.45, 2.75) is 51.7 Å². The fourth-order valence-electron chi connectivity index (χ4n) is 4.48. The summed E-state index contributed by atoms with van der Waals surface area (Å²) in [6.45, 7) is 5.67. The molecule has 1 N–H and O–H groups in total. The lowest BCUT2D eigenvalue weighted by Gasteiger charge is -2.30. The minimum atomic E-state index is -0.594. The molecule has 0 spiro atoms. The molecule has 160 valence electrons. The SMILES string of the molecule is CC(C)NC(=O)C1(Cc2ccc(-c3cccs3)cc2)CCN(C(=O)C2CCCO2)C1. The summed E-state index contributed by atoms with van der Waals surface area (Å²) in [4.78, 5) is 29.2. The molecule has 3 heterocycles. The van der Waals surface area contributed by atoms with Gasteiger partial charge in [-0.1, -0.05) is 30.3 Å². The summed E-state index contributed by atoms with van der Waals surface area (Å²) >= 11 is 1.72. The first kappa shape index (κ1) is 21.1. The highest BCUT2D eigenvalue weighted by molar-refractivity contribution is 7.13. The van der Waals surface area contributed by atoms with Gasteiger partial charge in [0.1, 0.15) is 6.10 Å². The van der Waals surface area contributed by atoms with Crippen LogP contribution in [0.2, 0.25) is 0 Å². The van der Waals surface area contributed by atoms with Crippen molar-refractivity contribution in [3.05, 3.63) is 47.3 Å². The first-order valence-electron chi connectivity index (χ1n) is 10.8. The van der Waals surface area contributed by atoms with Crippen LogP contribution in [0.1, 0.15) is 38.7 Å². The van der Waals surface area contributed by atoms with Crippen LogP contribution in [0, 0.1) is 5.41 Å². The fraction of sp³-hybridized carbons (Fsp3) is 0.500. The summed E-state index contributed by atoms with van der Waals surface area (Å²) in [7, 11) is 0. The Bertz CT molecular complexity index is 872. The number of nitrogens with one attached hydrogen (secondary N) is 1. The Morgan fingerprint density at radius 3 is 2.70 bits per heavy atom. The van der Waals surface area contributed by atoms with Gasteiger partial charge in [-0.25, -0.2) is 0 Å². The third-order valence-corrected chi connectivity index (χ3v) is 6.99. The van der Waals surface area contributed by atoms with Crippen molar-refractivity contribution in [1.82, 2.24) is 10.2 Å². The van der Waals surface area contributed by atoms with Crippen LogP contribution in [0.4, 0.5) is 0 Å². The number of ether oxygens (including phenoxy) is 1. The molecular formula is C24H30N2O3S. The smallest absolute Gasteiger partial charge is 0.251 e. The van der Waals surface area contributed by atoms with E-state index in [2.05, 4.69) is 47.1 Å². The zero-order chi connectivity index (χ0) is 21.1. The summed E-state index contributed by atoms with van der Waals surface area (Å²) in [5.41, 5.74) is 1.72. The van der Waals surface area contributed by atoms with Crippen molar-refractivity contribution in [2.75, 3.05) is 19.7 Å². The van der Waals surface area contributed by atoms with Gasteiger partial charge in [-0.15, -0.1) is 11.3 Å². The number of rotatable bonds is 6. The zero-order valence-electron chi connectivity index (χ0n) is 17.7. The molecule has 2 unspecified atom stereocenters. The first-order chi connectivity index (χ1) is 14.5. The second-order valence-corrected chi connectivity index (χ2v) is 9.72.